The van der Waals surface area contributed by atoms with Gasteiger partial charge in [-0.15, -0.1) is 0 Å². The third kappa shape index (κ3) is 3.60. The Hall–Kier alpha value is -1.91. The van der Waals surface area contributed by atoms with Gasteiger partial charge in [-0.2, -0.15) is 0 Å². The first kappa shape index (κ1) is 15.5. The standard InChI is InChI=1S/C16H22N2O3/c1-16(2,3)13(15(20)21-4)18-14(19)12-8-11(12)10-6-5-7-17-9-10/h5-7,9,11-13H,8H2,1-4H3,(H,18,19). The van der Waals surface area contributed by atoms with Crippen molar-refractivity contribution in [2.45, 2.75) is 39.2 Å². The first-order valence-electron chi connectivity index (χ1n) is 7.12. The van der Waals surface area contributed by atoms with Gasteiger partial charge in [-0.3, -0.25) is 9.78 Å². The molecule has 3 unspecified atom stereocenters. The number of aromatic nitrogens is 1. The first-order chi connectivity index (χ1) is 9.84. The van der Waals surface area contributed by atoms with Gasteiger partial charge in [0.1, 0.15) is 6.04 Å². The number of amides is 1. The minimum absolute atomic E-state index is 0.0799. The number of nitrogens with zero attached hydrogens (tertiary/aromatic N) is 1. The zero-order valence-electron chi connectivity index (χ0n) is 12.9. The van der Waals surface area contributed by atoms with E-state index in [4.69, 9.17) is 4.74 Å². The molecule has 1 fully saturated rings. The van der Waals surface area contributed by atoms with E-state index in [-0.39, 0.29) is 23.2 Å². The number of hydrogen-bond donors (Lipinski definition) is 1. The van der Waals surface area contributed by atoms with Crippen LogP contribution in [0.25, 0.3) is 0 Å². The molecule has 2 rings (SSSR count). The lowest BCUT2D eigenvalue weighted by Gasteiger charge is -2.29. The molecule has 1 aliphatic rings. The van der Waals surface area contributed by atoms with Crippen LogP contribution in [0, 0.1) is 11.3 Å². The molecular weight excluding hydrogens is 268 g/mol. The summed E-state index contributed by atoms with van der Waals surface area (Å²) in [5.74, 6) is -0.371. The van der Waals surface area contributed by atoms with Gasteiger partial charge in [0.05, 0.1) is 7.11 Å². The van der Waals surface area contributed by atoms with Gasteiger partial charge in [-0.1, -0.05) is 26.8 Å². The van der Waals surface area contributed by atoms with Crippen molar-refractivity contribution in [3.63, 3.8) is 0 Å². The summed E-state index contributed by atoms with van der Waals surface area (Å²) in [5.41, 5.74) is 0.685. The molecule has 0 radical (unpaired) electrons. The van der Waals surface area contributed by atoms with Crippen molar-refractivity contribution >= 4 is 11.9 Å². The molecule has 0 spiro atoms. The fraction of sp³-hybridized carbons (Fsp3) is 0.562. The van der Waals surface area contributed by atoms with Crippen LogP contribution < -0.4 is 5.32 Å². The van der Waals surface area contributed by atoms with E-state index in [0.717, 1.165) is 12.0 Å². The lowest BCUT2D eigenvalue weighted by molar-refractivity contribution is -0.148. The largest absolute Gasteiger partial charge is 0.467 e. The predicted molar refractivity (Wildman–Crippen MR) is 78.5 cm³/mol. The average Bonchev–Trinajstić information content (AvgIpc) is 3.24. The van der Waals surface area contributed by atoms with Gasteiger partial charge in [0.15, 0.2) is 0 Å². The van der Waals surface area contributed by atoms with Gasteiger partial charge in [0.2, 0.25) is 5.91 Å². The van der Waals surface area contributed by atoms with Crippen molar-refractivity contribution in [1.82, 2.24) is 10.3 Å². The number of nitrogens with one attached hydrogen (secondary N) is 1. The molecule has 21 heavy (non-hydrogen) atoms. The third-order valence-corrected chi connectivity index (χ3v) is 3.83. The van der Waals surface area contributed by atoms with Gasteiger partial charge >= 0.3 is 5.97 Å². The molecule has 0 bridgehead atoms. The number of carbonyl (C=O) groups excluding carboxylic acids is 2. The zero-order chi connectivity index (χ0) is 15.6. The van der Waals surface area contributed by atoms with Gasteiger partial charge in [-0.05, 0) is 29.4 Å². The summed E-state index contributed by atoms with van der Waals surface area (Å²) in [5, 5.41) is 2.84. The summed E-state index contributed by atoms with van der Waals surface area (Å²) in [6.07, 6.45) is 4.31. The highest BCUT2D eigenvalue weighted by Crippen LogP contribution is 2.47. The third-order valence-electron chi connectivity index (χ3n) is 3.83. The van der Waals surface area contributed by atoms with Gasteiger partial charge in [0.25, 0.3) is 0 Å². The smallest absolute Gasteiger partial charge is 0.328 e. The molecule has 114 valence electrons. The Balaban J connectivity index is 2.00. The summed E-state index contributed by atoms with van der Waals surface area (Å²) in [4.78, 5) is 28.2. The van der Waals surface area contributed by atoms with Crippen LogP contribution in [-0.4, -0.2) is 30.0 Å². The van der Waals surface area contributed by atoms with Crippen molar-refractivity contribution in [2.24, 2.45) is 11.3 Å². The van der Waals surface area contributed by atoms with Crippen molar-refractivity contribution in [2.75, 3.05) is 7.11 Å². The fourth-order valence-corrected chi connectivity index (χ4v) is 2.44. The number of pyridine rings is 1. The normalized spacial score (nSPS) is 22.3. The van der Waals surface area contributed by atoms with Crippen molar-refractivity contribution in [3.8, 4) is 0 Å². The van der Waals surface area contributed by atoms with E-state index < -0.39 is 12.0 Å². The van der Waals surface area contributed by atoms with E-state index in [0.29, 0.717) is 0 Å². The molecule has 1 aromatic rings. The number of carbonyl (C=O) groups is 2. The maximum Gasteiger partial charge on any atom is 0.328 e. The summed E-state index contributed by atoms with van der Waals surface area (Å²) >= 11 is 0. The molecule has 5 heteroatoms. The lowest BCUT2D eigenvalue weighted by Crippen LogP contribution is -2.50. The molecule has 1 N–H and O–H groups in total. The Morgan fingerprint density at radius 3 is 2.67 bits per heavy atom. The molecule has 0 aliphatic heterocycles. The van der Waals surface area contributed by atoms with Crippen LogP contribution in [0.4, 0.5) is 0 Å². The summed E-state index contributed by atoms with van der Waals surface area (Å²) in [7, 11) is 1.34. The van der Waals surface area contributed by atoms with Crippen molar-refractivity contribution in [3.05, 3.63) is 30.1 Å². The maximum absolute atomic E-state index is 12.3. The van der Waals surface area contributed by atoms with E-state index in [1.54, 1.807) is 12.4 Å². The molecular formula is C16H22N2O3. The molecule has 1 amide bonds. The van der Waals surface area contributed by atoms with E-state index in [1.807, 2.05) is 32.9 Å². The number of methoxy groups -OCH3 is 1. The molecule has 1 saturated carbocycles. The van der Waals surface area contributed by atoms with Gasteiger partial charge < -0.3 is 10.1 Å². The summed E-state index contributed by atoms with van der Waals surface area (Å²) in [6, 6.07) is 3.21. The van der Waals surface area contributed by atoms with Crippen LogP contribution in [0.1, 0.15) is 38.7 Å². The average molecular weight is 290 g/mol. The molecule has 3 atom stereocenters. The second-order valence-corrected chi connectivity index (χ2v) is 6.57. The van der Waals surface area contributed by atoms with Crippen LogP contribution in [0.2, 0.25) is 0 Å². The van der Waals surface area contributed by atoms with Crippen LogP contribution in [-0.2, 0) is 14.3 Å². The van der Waals surface area contributed by atoms with E-state index in [2.05, 4.69) is 10.3 Å². The highest BCUT2D eigenvalue weighted by molar-refractivity contribution is 5.88. The number of ether oxygens (including phenoxy) is 1. The maximum atomic E-state index is 12.3. The van der Waals surface area contributed by atoms with Crippen LogP contribution in [0.5, 0.6) is 0 Å². The minimum Gasteiger partial charge on any atom is -0.467 e. The molecule has 0 saturated heterocycles. The Morgan fingerprint density at radius 1 is 1.43 bits per heavy atom. The van der Waals surface area contributed by atoms with Crippen LogP contribution in [0.3, 0.4) is 0 Å². The Kier molecular flexibility index (Phi) is 4.30. The topological polar surface area (TPSA) is 68.3 Å². The van der Waals surface area contributed by atoms with Crippen LogP contribution in [0.15, 0.2) is 24.5 Å². The predicted octanol–water partition coefficient (Wildman–Crippen LogP) is 1.89. The quantitative estimate of drug-likeness (QED) is 0.860. The number of esters is 1. The second-order valence-electron chi connectivity index (χ2n) is 6.57. The highest BCUT2D eigenvalue weighted by Gasteiger charge is 2.46. The monoisotopic (exact) mass is 290 g/mol. The Labute approximate surface area is 125 Å². The second kappa shape index (κ2) is 5.84. The van der Waals surface area contributed by atoms with Gasteiger partial charge in [0, 0.05) is 18.3 Å². The lowest BCUT2D eigenvalue weighted by atomic mass is 9.86. The van der Waals surface area contributed by atoms with Crippen molar-refractivity contribution in [1.29, 1.82) is 0 Å². The summed E-state index contributed by atoms with van der Waals surface area (Å²) in [6.45, 7) is 5.71. The van der Waals surface area contributed by atoms with Crippen molar-refractivity contribution < 1.29 is 14.3 Å². The molecule has 5 nitrogen and oxygen atoms in total. The van der Waals surface area contributed by atoms with E-state index in [9.17, 15) is 9.59 Å². The Morgan fingerprint density at radius 2 is 2.14 bits per heavy atom. The molecule has 1 aliphatic carbocycles. The number of rotatable bonds is 4. The SMILES string of the molecule is COC(=O)C(NC(=O)C1CC1c1cccnc1)C(C)(C)C. The summed E-state index contributed by atoms with van der Waals surface area (Å²) < 4.78 is 4.79. The van der Waals surface area contributed by atoms with E-state index >= 15 is 0 Å². The first-order valence-corrected chi connectivity index (χ1v) is 7.12. The molecule has 0 aromatic carbocycles. The molecule has 1 heterocycles. The Bertz CT molecular complexity index is 522. The van der Waals surface area contributed by atoms with E-state index in [1.165, 1.54) is 7.11 Å². The zero-order valence-corrected chi connectivity index (χ0v) is 12.9. The van der Waals surface area contributed by atoms with Gasteiger partial charge in [-0.25, -0.2) is 4.79 Å². The van der Waals surface area contributed by atoms with Crippen LogP contribution >= 0.6 is 0 Å². The fourth-order valence-electron chi connectivity index (χ4n) is 2.44. The highest BCUT2D eigenvalue weighted by atomic mass is 16.5. The minimum atomic E-state index is -0.634. The number of hydrogen-bond acceptors (Lipinski definition) is 4. The molecule has 1 aromatic heterocycles.